The predicted molar refractivity (Wildman–Crippen MR) is 199 cm³/mol. The van der Waals surface area contributed by atoms with E-state index in [4.69, 9.17) is 14.4 Å². The Bertz CT molecular complexity index is 2630. The summed E-state index contributed by atoms with van der Waals surface area (Å²) in [5.41, 5.74) is 9.12. The van der Waals surface area contributed by atoms with Crippen LogP contribution in [0.15, 0.2) is 161 Å². The second kappa shape index (κ2) is 10.8. The molecule has 0 amide bonds. The highest BCUT2D eigenvalue weighted by molar-refractivity contribution is 8.00. The molecule has 0 radical (unpaired) electrons. The van der Waals surface area contributed by atoms with E-state index >= 15 is 0 Å². The number of benzene rings is 7. The first-order valence-corrected chi connectivity index (χ1v) is 17.0. The third kappa shape index (κ3) is 4.39. The monoisotopic (exact) mass is 633 g/mol. The Labute approximate surface area is 281 Å². The molecule has 5 heteroatoms. The molecule has 3 heterocycles. The van der Waals surface area contributed by atoms with Crippen LogP contribution < -0.4 is 5.32 Å². The fraction of sp³-hybridized carbons (Fsp3) is 0.0233. The Kier molecular flexibility index (Phi) is 6.14. The molecule has 226 valence electrons. The predicted octanol–water partition coefficient (Wildman–Crippen LogP) is 11.9. The van der Waals surface area contributed by atoms with E-state index in [-0.39, 0.29) is 5.37 Å². The van der Waals surface area contributed by atoms with E-state index in [1.165, 1.54) is 26.7 Å². The van der Waals surface area contributed by atoms with Crippen LogP contribution in [-0.4, -0.2) is 9.97 Å². The molecular weight excluding hydrogens is 607 g/mol. The van der Waals surface area contributed by atoms with Crippen molar-refractivity contribution in [3.05, 3.63) is 157 Å². The van der Waals surface area contributed by atoms with Gasteiger partial charge in [-0.2, -0.15) is 0 Å². The molecule has 0 aliphatic carbocycles. The molecule has 0 spiro atoms. The van der Waals surface area contributed by atoms with Crippen molar-refractivity contribution >= 4 is 60.9 Å². The van der Waals surface area contributed by atoms with Gasteiger partial charge < -0.3 is 9.73 Å². The molecule has 2 aromatic heterocycles. The van der Waals surface area contributed by atoms with Gasteiger partial charge in [-0.05, 0) is 40.4 Å². The summed E-state index contributed by atoms with van der Waals surface area (Å²) in [4.78, 5) is 11.4. The molecule has 1 atom stereocenters. The van der Waals surface area contributed by atoms with Crippen LogP contribution in [0.25, 0.3) is 77.4 Å². The van der Waals surface area contributed by atoms with E-state index in [2.05, 4.69) is 108 Å². The normalized spacial score (nSPS) is 14.1. The lowest BCUT2D eigenvalue weighted by Gasteiger charge is -2.13. The standard InChI is InChI=1S/C43H27N3OS/c1-3-10-26(11-4-1)35-25-36(27-12-5-2-6-13-27)45-42(44-35)30-20-22-31-29(24-30)19-18-28-21-23-38-40(39(28)31)46-43(48-38)34-16-9-15-33-32-14-7-8-17-37(32)47-41(33)34/h1-25,43,46H. The van der Waals surface area contributed by atoms with Gasteiger partial charge in [0.25, 0.3) is 0 Å². The van der Waals surface area contributed by atoms with Crippen LogP contribution >= 0.6 is 11.8 Å². The summed E-state index contributed by atoms with van der Waals surface area (Å²) >= 11 is 1.85. The van der Waals surface area contributed by atoms with Gasteiger partial charge in [-0.25, -0.2) is 9.97 Å². The molecule has 7 aromatic carbocycles. The summed E-state index contributed by atoms with van der Waals surface area (Å²) in [5, 5.41) is 11.0. The Balaban J connectivity index is 1.08. The third-order valence-corrected chi connectivity index (χ3v) is 10.5. The molecule has 1 aliphatic rings. The van der Waals surface area contributed by atoms with Gasteiger partial charge in [0, 0.05) is 43.3 Å². The fourth-order valence-corrected chi connectivity index (χ4v) is 8.18. The SMILES string of the molecule is c1ccc(-c2cc(-c3ccccc3)nc(-c3ccc4c(ccc5ccc6c(c54)NC(c4cccc5c4oc4ccccc45)S6)c3)n2)cc1. The number of nitrogens with zero attached hydrogens (tertiary/aromatic N) is 2. The Morgan fingerprint density at radius 3 is 2.02 bits per heavy atom. The van der Waals surface area contributed by atoms with Crippen LogP contribution in [0.3, 0.4) is 0 Å². The molecule has 48 heavy (non-hydrogen) atoms. The van der Waals surface area contributed by atoms with Gasteiger partial charge in [0.15, 0.2) is 5.82 Å². The topological polar surface area (TPSA) is 51.0 Å². The third-order valence-electron chi connectivity index (χ3n) is 9.32. The molecule has 0 bridgehead atoms. The summed E-state index contributed by atoms with van der Waals surface area (Å²) in [7, 11) is 0. The van der Waals surface area contributed by atoms with E-state index in [0.717, 1.165) is 61.0 Å². The molecule has 1 unspecified atom stereocenters. The smallest absolute Gasteiger partial charge is 0.160 e. The highest BCUT2D eigenvalue weighted by Crippen LogP contribution is 2.52. The fourth-order valence-electron chi connectivity index (χ4n) is 7.01. The summed E-state index contributed by atoms with van der Waals surface area (Å²) in [6.45, 7) is 0. The second-order valence-electron chi connectivity index (χ2n) is 12.2. The molecule has 0 saturated heterocycles. The van der Waals surface area contributed by atoms with Crippen LogP contribution in [0.4, 0.5) is 5.69 Å². The Hall–Kier alpha value is -5.91. The van der Waals surface area contributed by atoms with E-state index in [1.54, 1.807) is 0 Å². The lowest BCUT2D eigenvalue weighted by molar-refractivity contribution is 0.663. The van der Waals surface area contributed by atoms with Crippen molar-refractivity contribution in [2.45, 2.75) is 10.3 Å². The molecule has 10 rings (SSSR count). The number of rotatable bonds is 4. The van der Waals surface area contributed by atoms with Crippen LogP contribution in [-0.2, 0) is 0 Å². The number of aromatic nitrogens is 2. The molecule has 0 fully saturated rings. The zero-order valence-electron chi connectivity index (χ0n) is 25.7. The van der Waals surface area contributed by atoms with Crippen molar-refractivity contribution in [2.24, 2.45) is 0 Å². The van der Waals surface area contributed by atoms with Gasteiger partial charge in [-0.15, -0.1) is 0 Å². The highest BCUT2D eigenvalue weighted by Gasteiger charge is 2.28. The zero-order valence-corrected chi connectivity index (χ0v) is 26.5. The maximum Gasteiger partial charge on any atom is 0.160 e. The Morgan fingerprint density at radius 1 is 0.542 bits per heavy atom. The van der Waals surface area contributed by atoms with Crippen LogP contribution in [0.2, 0.25) is 0 Å². The number of fused-ring (bicyclic) bond motifs is 8. The second-order valence-corrected chi connectivity index (χ2v) is 13.3. The average Bonchev–Trinajstić information content (AvgIpc) is 3.77. The molecule has 1 N–H and O–H groups in total. The lowest BCUT2D eigenvalue weighted by Crippen LogP contribution is -2.02. The van der Waals surface area contributed by atoms with E-state index < -0.39 is 0 Å². The highest BCUT2D eigenvalue weighted by atomic mass is 32.2. The van der Waals surface area contributed by atoms with Gasteiger partial charge >= 0.3 is 0 Å². The lowest BCUT2D eigenvalue weighted by atomic mass is 9.98. The first-order chi connectivity index (χ1) is 23.8. The molecular formula is C43H27N3OS. The maximum absolute atomic E-state index is 6.42. The van der Waals surface area contributed by atoms with Crippen molar-refractivity contribution in [3.63, 3.8) is 0 Å². The maximum atomic E-state index is 6.42. The van der Waals surface area contributed by atoms with E-state index in [0.29, 0.717) is 5.82 Å². The number of nitrogens with one attached hydrogen (secondary N) is 1. The zero-order chi connectivity index (χ0) is 31.6. The number of thioether (sulfide) groups is 1. The molecule has 9 aromatic rings. The van der Waals surface area contributed by atoms with Gasteiger partial charge in [-0.3, -0.25) is 0 Å². The summed E-state index contributed by atoms with van der Waals surface area (Å²) < 4.78 is 6.42. The van der Waals surface area contributed by atoms with Crippen LogP contribution in [0.1, 0.15) is 10.9 Å². The molecule has 4 nitrogen and oxygen atoms in total. The van der Waals surface area contributed by atoms with Gasteiger partial charge in [0.2, 0.25) is 0 Å². The van der Waals surface area contributed by atoms with Crippen molar-refractivity contribution in [3.8, 4) is 33.9 Å². The summed E-state index contributed by atoms with van der Waals surface area (Å²) in [6.07, 6.45) is 0. The number of hydrogen-bond donors (Lipinski definition) is 1. The summed E-state index contributed by atoms with van der Waals surface area (Å²) in [6, 6.07) is 53.0. The number of para-hydroxylation sites is 2. The molecule has 0 saturated carbocycles. The number of anilines is 1. The van der Waals surface area contributed by atoms with Crippen molar-refractivity contribution in [1.29, 1.82) is 0 Å². The summed E-state index contributed by atoms with van der Waals surface area (Å²) in [5.74, 6) is 0.711. The molecule has 1 aliphatic heterocycles. The minimum atomic E-state index is 0.0370. The van der Waals surface area contributed by atoms with Crippen molar-refractivity contribution < 1.29 is 4.42 Å². The van der Waals surface area contributed by atoms with Crippen LogP contribution in [0.5, 0.6) is 0 Å². The quantitative estimate of drug-likeness (QED) is 0.195. The largest absolute Gasteiger partial charge is 0.456 e. The van der Waals surface area contributed by atoms with Crippen molar-refractivity contribution in [2.75, 3.05) is 5.32 Å². The minimum Gasteiger partial charge on any atom is -0.456 e. The van der Waals surface area contributed by atoms with Gasteiger partial charge in [0.1, 0.15) is 16.5 Å². The minimum absolute atomic E-state index is 0.0370. The Morgan fingerprint density at radius 2 is 1.23 bits per heavy atom. The average molecular weight is 634 g/mol. The van der Waals surface area contributed by atoms with E-state index in [9.17, 15) is 0 Å². The first kappa shape index (κ1) is 27.2. The number of furan rings is 1. The van der Waals surface area contributed by atoms with Gasteiger partial charge in [-0.1, -0.05) is 139 Å². The van der Waals surface area contributed by atoms with Gasteiger partial charge in [0.05, 0.1) is 17.1 Å². The number of hydrogen-bond acceptors (Lipinski definition) is 5. The van der Waals surface area contributed by atoms with Crippen molar-refractivity contribution in [1.82, 2.24) is 9.97 Å². The first-order valence-electron chi connectivity index (χ1n) is 16.1. The van der Waals surface area contributed by atoms with Crippen LogP contribution in [0, 0.1) is 0 Å². The van der Waals surface area contributed by atoms with E-state index in [1.807, 2.05) is 60.3 Å².